The molecular weight excluding hydrogens is 322 g/mol. The van der Waals surface area contributed by atoms with Crippen LogP contribution in [0.1, 0.15) is 27.8 Å². The summed E-state index contributed by atoms with van der Waals surface area (Å²) >= 11 is 0. The van der Waals surface area contributed by atoms with Crippen LogP contribution in [0.15, 0.2) is 18.6 Å². The third kappa shape index (κ3) is 3.99. The average Bonchev–Trinajstić information content (AvgIpc) is 2.99. The highest BCUT2D eigenvalue weighted by Crippen LogP contribution is 2.27. The number of carbonyl (C=O) groups is 1. The number of aryl methyl sites for hydroxylation is 1. The summed E-state index contributed by atoms with van der Waals surface area (Å²) in [6.45, 7) is 2.98. The number of rotatable bonds is 6. The second-order valence-corrected chi connectivity index (χ2v) is 6.40. The highest BCUT2D eigenvalue weighted by molar-refractivity contribution is 5.92. The van der Waals surface area contributed by atoms with Gasteiger partial charge < -0.3 is 14.5 Å². The number of ether oxygens (including phenoxy) is 1. The molecule has 25 heavy (non-hydrogen) atoms. The van der Waals surface area contributed by atoms with Crippen LogP contribution in [0.3, 0.4) is 0 Å². The molecule has 0 saturated carbocycles. The second-order valence-electron chi connectivity index (χ2n) is 6.40. The van der Waals surface area contributed by atoms with Crippen molar-refractivity contribution >= 4 is 5.91 Å². The van der Waals surface area contributed by atoms with E-state index in [1.165, 1.54) is 12.4 Å². The summed E-state index contributed by atoms with van der Waals surface area (Å²) in [6.07, 6.45) is 4.55. The zero-order valence-electron chi connectivity index (χ0n) is 14.8. The van der Waals surface area contributed by atoms with Crippen LogP contribution in [0.2, 0.25) is 0 Å². The predicted molar refractivity (Wildman–Crippen MR) is 89.9 cm³/mol. The molecule has 1 aliphatic heterocycles. The number of nitrogens with zero attached hydrogens (tertiary/aromatic N) is 7. The van der Waals surface area contributed by atoms with E-state index in [1.54, 1.807) is 15.8 Å². The minimum absolute atomic E-state index is 0.0338. The van der Waals surface area contributed by atoms with Crippen LogP contribution in [0, 0.1) is 0 Å². The van der Waals surface area contributed by atoms with Crippen molar-refractivity contribution in [3.05, 3.63) is 35.7 Å². The minimum atomic E-state index is -0.150. The molecule has 0 aromatic carbocycles. The summed E-state index contributed by atoms with van der Waals surface area (Å²) in [6, 6.07) is 0. The van der Waals surface area contributed by atoms with Crippen LogP contribution >= 0.6 is 0 Å². The lowest BCUT2D eigenvalue weighted by molar-refractivity contribution is 0.0608. The molecule has 0 N–H and O–H groups in total. The van der Waals surface area contributed by atoms with Crippen molar-refractivity contribution in [2.45, 2.75) is 12.5 Å². The molecule has 9 heteroatoms. The van der Waals surface area contributed by atoms with E-state index in [0.29, 0.717) is 32.0 Å². The molecule has 1 amide bonds. The molecule has 3 heterocycles. The topological polar surface area (TPSA) is 89.3 Å². The Morgan fingerprint density at radius 3 is 2.96 bits per heavy atom. The van der Waals surface area contributed by atoms with Crippen molar-refractivity contribution in [2.24, 2.45) is 7.05 Å². The smallest absolute Gasteiger partial charge is 0.274 e. The molecule has 0 bridgehead atoms. The summed E-state index contributed by atoms with van der Waals surface area (Å²) in [7, 11) is 5.89. The van der Waals surface area contributed by atoms with Crippen molar-refractivity contribution in [3.8, 4) is 0 Å². The van der Waals surface area contributed by atoms with E-state index in [0.717, 1.165) is 17.9 Å². The Balaban J connectivity index is 1.73. The number of fused-ring (bicyclic) bond motifs is 1. The average molecular weight is 345 g/mol. The Bertz CT molecular complexity index is 717. The SMILES string of the molecule is CN(C)CCOC[C@@H]1CN(C(=O)c2cnccn2)Cc2nnn(C)c21. The van der Waals surface area contributed by atoms with E-state index in [-0.39, 0.29) is 11.8 Å². The van der Waals surface area contributed by atoms with Crippen molar-refractivity contribution in [1.82, 2.24) is 34.8 Å². The lowest BCUT2D eigenvalue weighted by Gasteiger charge is -2.32. The fourth-order valence-electron chi connectivity index (χ4n) is 2.95. The first-order valence-electron chi connectivity index (χ1n) is 8.22. The Morgan fingerprint density at radius 1 is 1.40 bits per heavy atom. The molecule has 0 unspecified atom stereocenters. The number of hydrogen-bond donors (Lipinski definition) is 0. The zero-order chi connectivity index (χ0) is 17.8. The number of likely N-dealkylation sites (N-methyl/N-ethyl adjacent to an activating group) is 1. The molecule has 134 valence electrons. The molecular formula is C16H23N7O2. The van der Waals surface area contributed by atoms with Crippen LogP contribution in [0.5, 0.6) is 0 Å². The van der Waals surface area contributed by atoms with Gasteiger partial charge in [0.05, 0.1) is 31.6 Å². The molecule has 3 rings (SSSR count). The maximum Gasteiger partial charge on any atom is 0.274 e. The van der Waals surface area contributed by atoms with Crippen LogP contribution < -0.4 is 0 Å². The van der Waals surface area contributed by atoms with Gasteiger partial charge in [0.25, 0.3) is 5.91 Å². The molecule has 0 spiro atoms. The van der Waals surface area contributed by atoms with Gasteiger partial charge in [-0.15, -0.1) is 5.10 Å². The van der Waals surface area contributed by atoms with Crippen molar-refractivity contribution in [3.63, 3.8) is 0 Å². The molecule has 0 radical (unpaired) electrons. The first kappa shape index (κ1) is 17.4. The standard InChI is InChI=1S/C16H23N7O2/c1-21(2)6-7-25-11-12-9-23(10-14-15(12)22(3)20-19-14)16(24)13-8-17-4-5-18-13/h4-5,8,12H,6-7,9-11H2,1-3H3/t12-/m0/s1. The van der Waals surface area contributed by atoms with Gasteiger partial charge in [-0.1, -0.05) is 5.21 Å². The van der Waals surface area contributed by atoms with Gasteiger partial charge >= 0.3 is 0 Å². The second kappa shape index (κ2) is 7.66. The molecule has 0 fully saturated rings. The van der Waals surface area contributed by atoms with Crippen LogP contribution in [-0.2, 0) is 18.3 Å². The van der Waals surface area contributed by atoms with E-state index < -0.39 is 0 Å². The van der Waals surface area contributed by atoms with E-state index in [2.05, 4.69) is 25.2 Å². The summed E-state index contributed by atoms with van der Waals surface area (Å²) in [5.74, 6) is -0.116. The van der Waals surface area contributed by atoms with Gasteiger partial charge in [0.1, 0.15) is 11.4 Å². The van der Waals surface area contributed by atoms with Gasteiger partial charge in [0.2, 0.25) is 0 Å². The van der Waals surface area contributed by atoms with E-state index in [1.807, 2.05) is 21.1 Å². The van der Waals surface area contributed by atoms with E-state index in [4.69, 9.17) is 4.74 Å². The number of amides is 1. The van der Waals surface area contributed by atoms with E-state index >= 15 is 0 Å². The number of carbonyl (C=O) groups excluding carboxylic acids is 1. The monoisotopic (exact) mass is 345 g/mol. The van der Waals surface area contributed by atoms with Crippen molar-refractivity contribution in [1.29, 1.82) is 0 Å². The molecule has 9 nitrogen and oxygen atoms in total. The summed E-state index contributed by atoms with van der Waals surface area (Å²) in [4.78, 5) is 24.6. The third-order valence-electron chi connectivity index (χ3n) is 4.18. The molecule has 2 aromatic heterocycles. The lowest BCUT2D eigenvalue weighted by atomic mass is 9.98. The highest BCUT2D eigenvalue weighted by atomic mass is 16.5. The minimum Gasteiger partial charge on any atom is -0.379 e. The normalized spacial score (nSPS) is 17.0. The van der Waals surface area contributed by atoms with Crippen LogP contribution in [0.25, 0.3) is 0 Å². The maximum atomic E-state index is 12.7. The van der Waals surface area contributed by atoms with Crippen molar-refractivity contribution in [2.75, 3.05) is 40.4 Å². The Hall–Kier alpha value is -2.39. The number of hydrogen-bond acceptors (Lipinski definition) is 7. The fraction of sp³-hybridized carbons (Fsp3) is 0.562. The van der Waals surface area contributed by atoms with Gasteiger partial charge in [0, 0.05) is 38.4 Å². The van der Waals surface area contributed by atoms with Gasteiger partial charge in [-0.25, -0.2) is 4.98 Å². The van der Waals surface area contributed by atoms with Gasteiger partial charge in [-0.2, -0.15) is 0 Å². The maximum absolute atomic E-state index is 12.7. The van der Waals surface area contributed by atoms with Gasteiger partial charge in [0.15, 0.2) is 0 Å². The third-order valence-corrected chi connectivity index (χ3v) is 4.18. The zero-order valence-corrected chi connectivity index (χ0v) is 14.8. The first-order chi connectivity index (χ1) is 12.1. The predicted octanol–water partition coefficient (Wildman–Crippen LogP) is -0.0771. The quantitative estimate of drug-likeness (QED) is 0.677. The molecule has 2 aromatic rings. The van der Waals surface area contributed by atoms with Gasteiger partial charge in [-0.05, 0) is 14.1 Å². The van der Waals surface area contributed by atoms with E-state index in [9.17, 15) is 4.79 Å². The summed E-state index contributed by atoms with van der Waals surface area (Å²) in [5, 5.41) is 8.32. The van der Waals surface area contributed by atoms with Crippen molar-refractivity contribution < 1.29 is 9.53 Å². The lowest BCUT2D eigenvalue weighted by Crippen LogP contribution is -2.40. The first-order valence-corrected chi connectivity index (χ1v) is 8.22. The fourth-order valence-corrected chi connectivity index (χ4v) is 2.95. The molecule has 0 saturated heterocycles. The number of aromatic nitrogens is 5. The summed E-state index contributed by atoms with van der Waals surface area (Å²) in [5.41, 5.74) is 2.18. The van der Waals surface area contributed by atoms with Gasteiger partial charge in [-0.3, -0.25) is 14.5 Å². The highest BCUT2D eigenvalue weighted by Gasteiger charge is 2.33. The molecule has 1 atom stereocenters. The van der Waals surface area contributed by atoms with Crippen LogP contribution in [-0.4, -0.2) is 81.1 Å². The van der Waals surface area contributed by atoms with Crippen LogP contribution in [0.4, 0.5) is 0 Å². The Labute approximate surface area is 146 Å². The summed E-state index contributed by atoms with van der Waals surface area (Å²) < 4.78 is 7.60. The Kier molecular flexibility index (Phi) is 5.34. The molecule has 1 aliphatic rings. The largest absolute Gasteiger partial charge is 0.379 e. The molecule has 0 aliphatic carbocycles. The Morgan fingerprint density at radius 2 is 2.24 bits per heavy atom.